The molecule has 0 aromatic heterocycles. The second-order valence-corrected chi connectivity index (χ2v) is 4.53. The Kier molecular flexibility index (Phi) is 4.63. The van der Waals surface area contributed by atoms with Crippen molar-refractivity contribution in [3.8, 4) is 0 Å². The van der Waals surface area contributed by atoms with Crippen LogP contribution in [0.15, 0.2) is 53.7 Å². The summed E-state index contributed by atoms with van der Waals surface area (Å²) in [6.45, 7) is 0. The standard InChI is InChI=1S/C14H13ClN4O2/c15-11-7-6-9(13(16)19-21)8-12(11)18-14(20)17-10-4-2-1-3-5-10/h1-8,21H,(H2,16,19)(H2,17,18,20). The number of halogens is 1. The molecule has 7 heteroatoms. The summed E-state index contributed by atoms with van der Waals surface area (Å²) in [7, 11) is 0. The second-order valence-electron chi connectivity index (χ2n) is 4.13. The van der Waals surface area contributed by atoms with Gasteiger partial charge in [0.1, 0.15) is 0 Å². The van der Waals surface area contributed by atoms with Gasteiger partial charge in [0.05, 0.1) is 10.7 Å². The maximum atomic E-state index is 11.9. The molecule has 0 atom stereocenters. The van der Waals surface area contributed by atoms with Gasteiger partial charge in [0.15, 0.2) is 5.84 Å². The Morgan fingerprint density at radius 2 is 1.86 bits per heavy atom. The number of urea groups is 1. The third-order valence-electron chi connectivity index (χ3n) is 2.65. The topological polar surface area (TPSA) is 99.7 Å². The maximum absolute atomic E-state index is 11.9. The fourth-order valence-corrected chi connectivity index (χ4v) is 1.81. The highest BCUT2D eigenvalue weighted by Crippen LogP contribution is 2.23. The van der Waals surface area contributed by atoms with Gasteiger partial charge in [0.25, 0.3) is 0 Å². The molecule has 0 fully saturated rings. The number of nitrogens with two attached hydrogens (primary N) is 1. The Balaban J connectivity index is 2.13. The van der Waals surface area contributed by atoms with Gasteiger partial charge in [-0.1, -0.05) is 35.0 Å². The monoisotopic (exact) mass is 304 g/mol. The first-order valence-electron chi connectivity index (χ1n) is 6.00. The summed E-state index contributed by atoms with van der Waals surface area (Å²) < 4.78 is 0. The summed E-state index contributed by atoms with van der Waals surface area (Å²) in [5.41, 5.74) is 6.95. The lowest BCUT2D eigenvalue weighted by Crippen LogP contribution is -2.20. The van der Waals surface area contributed by atoms with E-state index in [0.29, 0.717) is 22.0 Å². The van der Waals surface area contributed by atoms with Crippen LogP contribution < -0.4 is 16.4 Å². The number of carbonyl (C=O) groups excluding carboxylic acids is 1. The molecule has 5 N–H and O–H groups in total. The van der Waals surface area contributed by atoms with E-state index >= 15 is 0 Å². The van der Waals surface area contributed by atoms with Crippen LogP contribution in [0.25, 0.3) is 0 Å². The number of amidine groups is 1. The number of amides is 2. The maximum Gasteiger partial charge on any atom is 0.323 e. The first-order valence-corrected chi connectivity index (χ1v) is 6.38. The van der Waals surface area contributed by atoms with Crippen molar-refractivity contribution in [3.05, 3.63) is 59.1 Å². The molecule has 21 heavy (non-hydrogen) atoms. The molecule has 0 unspecified atom stereocenters. The van der Waals surface area contributed by atoms with E-state index in [0.717, 1.165) is 0 Å². The number of hydrogen-bond acceptors (Lipinski definition) is 3. The average Bonchev–Trinajstić information content (AvgIpc) is 2.49. The summed E-state index contributed by atoms with van der Waals surface area (Å²) in [6, 6.07) is 13.2. The predicted octanol–water partition coefficient (Wildman–Crippen LogP) is 3.08. The summed E-state index contributed by atoms with van der Waals surface area (Å²) in [6.07, 6.45) is 0. The summed E-state index contributed by atoms with van der Waals surface area (Å²) in [5, 5.41) is 17.2. The quantitative estimate of drug-likeness (QED) is 0.303. The Labute approximate surface area is 126 Å². The van der Waals surface area contributed by atoms with E-state index in [1.54, 1.807) is 24.3 Å². The molecule has 108 valence electrons. The van der Waals surface area contributed by atoms with E-state index in [1.807, 2.05) is 18.2 Å². The molecule has 0 saturated heterocycles. The van der Waals surface area contributed by atoms with Crippen molar-refractivity contribution in [2.24, 2.45) is 10.9 Å². The minimum Gasteiger partial charge on any atom is -0.409 e. The van der Waals surface area contributed by atoms with Crippen LogP contribution in [0.5, 0.6) is 0 Å². The predicted molar refractivity (Wildman–Crippen MR) is 83.0 cm³/mol. The van der Waals surface area contributed by atoms with Crippen molar-refractivity contribution in [1.82, 2.24) is 0 Å². The molecule has 0 radical (unpaired) electrons. The van der Waals surface area contributed by atoms with E-state index in [2.05, 4.69) is 15.8 Å². The number of anilines is 2. The minimum absolute atomic E-state index is 0.0711. The molecule has 2 rings (SSSR count). The van der Waals surface area contributed by atoms with Crippen LogP contribution in [-0.2, 0) is 0 Å². The first-order chi connectivity index (χ1) is 10.1. The highest BCUT2D eigenvalue weighted by molar-refractivity contribution is 6.34. The number of nitrogens with one attached hydrogen (secondary N) is 2. The van der Waals surface area contributed by atoms with Crippen LogP contribution in [0.2, 0.25) is 5.02 Å². The van der Waals surface area contributed by atoms with Gasteiger partial charge in [0, 0.05) is 11.3 Å². The van der Waals surface area contributed by atoms with Crippen molar-refractivity contribution in [2.75, 3.05) is 10.6 Å². The molecule has 6 nitrogen and oxygen atoms in total. The van der Waals surface area contributed by atoms with E-state index < -0.39 is 6.03 Å². The molecule has 0 aliphatic rings. The van der Waals surface area contributed by atoms with Gasteiger partial charge in [-0.15, -0.1) is 0 Å². The lowest BCUT2D eigenvalue weighted by Gasteiger charge is -2.10. The molecule has 0 saturated carbocycles. The van der Waals surface area contributed by atoms with Crippen LogP contribution in [0.4, 0.5) is 16.2 Å². The van der Waals surface area contributed by atoms with Crippen LogP contribution in [0, 0.1) is 0 Å². The largest absolute Gasteiger partial charge is 0.409 e. The van der Waals surface area contributed by atoms with Crippen molar-refractivity contribution in [1.29, 1.82) is 0 Å². The number of hydrogen-bond donors (Lipinski definition) is 4. The van der Waals surface area contributed by atoms with Gasteiger partial charge in [-0.05, 0) is 30.3 Å². The number of oxime groups is 1. The Morgan fingerprint density at radius 1 is 1.14 bits per heavy atom. The van der Waals surface area contributed by atoms with Crippen molar-refractivity contribution >= 4 is 34.8 Å². The molecule has 0 aliphatic heterocycles. The molecule has 0 heterocycles. The zero-order valence-electron chi connectivity index (χ0n) is 10.9. The molecule has 2 aromatic carbocycles. The Morgan fingerprint density at radius 3 is 2.52 bits per heavy atom. The van der Waals surface area contributed by atoms with Crippen LogP contribution in [0.3, 0.4) is 0 Å². The number of nitrogens with zero attached hydrogens (tertiary/aromatic N) is 1. The molecular weight excluding hydrogens is 292 g/mol. The lowest BCUT2D eigenvalue weighted by atomic mass is 10.2. The molecule has 0 spiro atoms. The zero-order chi connectivity index (χ0) is 15.2. The number of carbonyl (C=O) groups is 1. The van der Waals surface area contributed by atoms with E-state index in [-0.39, 0.29) is 5.84 Å². The Bertz CT molecular complexity index is 674. The molecular formula is C14H13ClN4O2. The van der Waals surface area contributed by atoms with Gasteiger partial charge in [-0.3, -0.25) is 0 Å². The van der Waals surface area contributed by atoms with Gasteiger partial charge < -0.3 is 21.6 Å². The van der Waals surface area contributed by atoms with Crippen molar-refractivity contribution in [3.63, 3.8) is 0 Å². The summed E-state index contributed by atoms with van der Waals surface area (Å²) in [4.78, 5) is 11.9. The average molecular weight is 305 g/mol. The SMILES string of the molecule is N/C(=N/O)c1ccc(Cl)c(NC(=O)Nc2ccccc2)c1. The minimum atomic E-state index is -0.445. The third kappa shape index (κ3) is 3.87. The number of para-hydroxylation sites is 1. The molecule has 2 amide bonds. The fourth-order valence-electron chi connectivity index (χ4n) is 1.64. The van der Waals surface area contributed by atoms with E-state index in [4.69, 9.17) is 22.5 Å². The van der Waals surface area contributed by atoms with Gasteiger partial charge >= 0.3 is 6.03 Å². The highest BCUT2D eigenvalue weighted by Gasteiger charge is 2.09. The smallest absolute Gasteiger partial charge is 0.323 e. The van der Waals surface area contributed by atoms with Gasteiger partial charge in [0.2, 0.25) is 0 Å². The second kappa shape index (κ2) is 6.62. The number of benzene rings is 2. The lowest BCUT2D eigenvalue weighted by molar-refractivity contribution is 0.262. The van der Waals surface area contributed by atoms with Crippen molar-refractivity contribution < 1.29 is 10.0 Å². The summed E-state index contributed by atoms with van der Waals surface area (Å²) in [5.74, 6) is -0.0711. The van der Waals surface area contributed by atoms with Gasteiger partial charge in [-0.2, -0.15) is 0 Å². The van der Waals surface area contributed by atoms with E-state index in [9.17, 15) is 4.79 Å². The number of rotatable bonds is 3. The first kappa shape index (κ1) is 14.7. The molecule has 0 bridgehead atoms. The van der Waals surface area contributed by atoms with Gasteiger partial charge in [-0.25, -0.2) is 4.79 Å². The van der Waals surface area contributed by atoms with Crippen LogP contribution >= 0.6 is 11.6 Å². The third-order valence-corrected chi connectivity index (χ3v) is 2.98. The van der Waals surface area contributed by atoms with Crippen LogP contribution in [0.1, 0.15) is 5.56 Å². The zero-order valence-corrected chi connectivity index (χ0v) is 11.6. The molecule has 0 aliphatic carbocycles. The normalized spacial score (nSPS) is 11.0. The van der Waals surface area contributed by atoms with Crippen molar-refractivity contribution in [2.45, 2.75) is 0 Å². The Hall–Kier alpha value is -2.73. The highest BCUT2D eigenvalue weighted by atomic mass is 35.5. The molecule has 2 aromatic rings. The van der Waals surface area contributed by atoms with E-state index in [1.165, 1.54) is 6.07 Å². The van der Waals surface area contributed by atoms with Crippen LogP contribution in [-0.4, -0.2) is 17.1 Å². The fraction of sp³-hybridized carbons (Fsp3) is 0. The summed E-state index contributed by atoms with van der Waals surface area (Å²) >= 11 is 6.01.